The number of alkyl halides is 3. The van der Waals surface area contributed by atoms with Crippen LogP contribution >= 0.6 is 33.9 Å². The Hall–Kier alpha value is -0.710. The maximum atomic E-state index is 12.5. The zero-order valence-electron chi connectivity index (χ0n) is 9.41. The van der Waals surface area contributed by atoms with E-state index < -0.39 is 17.2 Å². The third-order valence-electron chi connectivity index (χ3n) is 2.42. The molecule has 0 aliphatic heterocycles. The monoisotopic (exact) mass is 399 g/mol. The van der Waals surface area contributed by atoms with Crippen molar-refractivity contribution < 1.29 is 13.2 Å². The van der Waals surface area contributed by atoms with Gasteiger partial charge < -0.3 is 0 Å². The SMILES string of the molecule is NNC(c1ccc(I)cc1)c1cnc(C(F)(F)F)s1. The van der Waals surface area contributed by atoms with E-state index in [4.69, 9.17) is 5.84 Å². The van der Waals surface area contributed by atoms with Crippen molar-refractivity contribution in [3.05, 3.63) is 49.5 Å². The highest BCUT2D eigenvalue weighted by molar-refractivity contribution is 14.1. The molecular weight excluding hydrogens is 390 g/mol. The van der Waals surface area contributed by atoms with Crippen LogP contribution < -0.4 is 11.3 Å². The van der Waals surface area contributed by atoms with Gasteiger partial charge in [0, 0.05) is 14.6 Å². The second kappa shape index (κ2) is 5.73. The lowest BCUT2D eigenvalue weighted by atomic mass is 10.1. The van der Waals surface area contributed by atoms with Crippen molar-refractivity contribution in [2.24, 2.45) is 5.84 Å². The summed E-state index contributed by atoms with van der Waals surface area (Å²) >= 11 is 2.74. The first kappa shape index (κ1) is 14.7. The number of nitrogens with two attached hydrogens (primary N) is 1. The molecule has 1 atom stereocenters. The predicted octanol–water partition coefficient (Wildman–Crippen LogP) is 3.32. The lowest BCUT2D eigenvalue weighted by molar-refractivity contribution is -0.137. The number of nitrogens with zero attached hydrogens (tertiary/aromatic N) is 1. The zero-order valence-corrected chi connectivity index (χ0v) is 12.4. The number of hydrazine groups is 1. The minimum absolute atomic E-state index is 0.427. The van der Waals surface area contributed by atoms with E-state index in [1.807, 2.05) is 24.3 Å². The summed E-state index contributed by atoms with van der Waals surface area (Å²) in [7, 11) is 0. The molecule has 8 heteroatoms. The lowest BCUT2D eigenvalue weighted by Gasteiger charge is -2.14. The van der Waals surface area contributed by atoms with Crippen LogP contribution in [0, 0.1) is 3.57 Å². The van der Waals surface area contributed by atoms with Gasteiger partial charge in [-0.25, -0.2) is 10.4 Å². The first-order valence-electron chi connectivity index (χ1n) is 5.16. The maximum absolute atomic E-state index is 12.5. The van der Waals surface area contributed by atoms with Gasteiger partial charge in [-0.3, -0.25) is 5.84 Å². The Balaban J connectivity index is 2.32. The molecule has 0 saturated carbocycles. The quantitative estimate of drug-likeness (QED) is 0.473. The van der Waals surface area contributed by atoms with Crippen LogP contribution in [-0.2, 0) is 6.18 Å². The Morgan fingerprint density at radius 2 is 1.89 bits per heavy atom. The molecule has 3 N–H and O–H groups in total. The van der Waals surface area contributed by atoms with Gasteiger partial charge in [-0.15, -0.1) is 11.3 Å². The van der Waals surface area contributed by atoms with Gasteiger partial charge in [-0.2, -0.15) is 13.2 Å². The van der Waals surface area contributed by atoms with Gasteiger partial charge in [-0.05, 0) is 40.3 Å². The van der Waals surface area contributed by atoms with Crippen LogP contribution in [0.15, 0.2) is 30.5 Å². The number of thiazole rings is 1. The molecule has 0 radical (unpaired) electrons. The number of rotatable bonds is 3. The zero-order chi connectivity index (χ0) is 14.0. The molecule has 1 aromatic carbocycles. The smallest absolute Gasteiger partial charge is 0.271 e. The van der Waals surface area contributed by atoms with Gasteiger partial charge in [0.05, 0.1) is 6.04 Å². The van der Waals surface area contributed by atoms with Crippen LogP contribution in [0.4, 0.5) is 13.2 Å². The van der Waals surface area contributed by atoms with E-state index in [1.165, 1.54) is 6.20 Å². The Kier molecular flexibility index (Phi) is 4.43. The topological polar surface area (TPSA) is 50.9 Å². The molecule has 0 saturated heterocycles. The van der Waals surface area contributed by atoms with Crippen molar-refractivity contribution in [3.63, 3.8) is 0 Å². The number of aromatic nitrogens is 1. The molecule has 0 aliphatic carbocycles. The van der Waals surface area contributed by atoms with Crippen LogP contribution in [0.25, 0.3) is 0 Å². The van der Waals surface area contributed by atoms with Crippen LogP contribution in [0.1, 0.15) is 21.5 Å². The number of halogens is 4. The normalized spacial score (nSPS) is 13.5. The lowest BCUT2D eigenvalue weighted by Crippen LogP contribution is -2.28. The fourth-order valence-corrected chi connectivity index (χ4v) is 2.78. The molecule has 2 aromatic rings. The average molecular weight is 399 g/mol. The van der Waals surface area contributed by atoms with E-state index in [-0.39, 0.29) is 0 Å². The Morgan fingerprint density at radius 1 is 1.26 bits per heavy atom. The first-order chi connectivity index (χ1) is 8.91. The van der Waals surface area contributed by atoms with E-state index in [0.29, 0.717) is 16.2 Å². The molecule has 3 nitrogen and oxygen atoms in total. The van der Waals surface area contributed by atoms with Crippen molar-refractivity contribution >= 4 is 33.9 Å². The molecule has 19 heavy (non-hydrogen) atoms. The highest BCUT2D eigenvalue weighted by atomic mass is 127. The molecule has 1 heterocycles. The largest absolute Gasteiger partial charge is 0.443 e. The second-order valence-corrected chi connectivity index (χ2v) is 6.02. The maximum Gasteiger partial charge on any atom is 0.443 e. The van der Waals surface area contributed by atoms with E-state index in [1.54, 1.807) is 0 Å². The molecular formula is C11H9F3IN3S. The Labute approximate surface area is 125 Å². The van der Waals surface area contributed by atoms with Crippen LogP contribution in [-0.4, -0.2) is 4.98 Å². The summed E-state index contributed by atoms with van der Waals surface area (Å²) in [6.45, 7) is 0. The van der Waals surface area contributed by atoms with Crippen LogP contribution in [0.3, 0.4) is 0 Å². The summed E-state index contributed by atoms with van der Waals surface area (Å²) in [6.07, 6.45) is -3.22. The van der Waals surface area contributed by atoms with Crippen LogP contribution in [0.5, 0.6) is 0 Å². The minimum Gasteiger partial charge on any atom is -0.271 e. The van der Waals surface area contributed by atoms with Crippen molar-refractivity contribution in [2.45, 2.75) is 12.2 Å². The number of hydrogen-bond acceptors (Lipinski definition) is 4. The first-order valence-corrected chi connectivity index (χ1v) is 7.06. The summed E-state index contributed by atoms with van der Waals surface area (Å²) in [6, 6.07) is 6.88. The molecule has 1 aromatic heterocycles. The van der Waals surface area contributed by atoms with Crippen LogP contribution in [0.2, 0.25) is 0 Å². The van der Waals surface area contributed by atoms with Gasteiger partial charge in [0.15, 0.2) is 5.01 Å². The fraction of sp³-hybridized carbons (Fsp3) is 0.182. The summed E-state index contributed by atoms with van der Waals surface area (Å²) in [5.41, 5.74) is 3.31. The second-order valence-electron chi connectivity index (χ2n) is 3.72. The molecule has 102 valence electrons. The number of hydrogen-bond donors (Lipinski definition) is 2. The van der Waals surface area contributed by atoms with E-state index in [0.717, 1.165) is 9.13 Å². The molecule has 1 unspecified atom stereocenters. The fourth-order valence-electron chi connectivity index (χ4n) is 1.55. The minimum atomic E-state index is -4.42. The van der Waals surface area contributed by atoms with E-state index >= 15 is 0 Å². The van der Waals surface area contributed by atoms with Gasteiger partial charge in [-0.1, -0.05) is 12.1 Å². The molecule has 0 bridgehead atoms. The predicted molar refractivity (Wildman–Crippen MR) is 75.4 cm³/mol. The third-order valence-corrected chi connectivity index (χ3v) is 4.25. The van der Waals surface area contributed by atoms with Crippen molar-refractivity contribution in [3.8, 4) is 0 Å². The van der Waals surface area contributed by atoms with Crippen molar-refractivity contribution in [1.82, 2.24) is 10.4 Å². The Morgan fingerprint density at radius 3 is 2.37 bits per heavy atom. The van der Waals surface area contributed by atoms with Crippen molar-refractivity contribution in [2.75, 3.05) is 0 Å². The van der Waals surface area contributed by atoms with Gasteiger partial charge in [0.1, 0.15) is 0 Å². The number of benzene rings is 1. The highest BCUT2D eigenvalue weighted by Gasteiger charge is 2.35. The average Bonchev–Trinajstić information content (AvgIpc) is 2.82. The molecule has 0 amide bonds. The summed E-state index contributed by atoms with van der Waals surface area (Å²) in [5.74, 6) is 5.44. The summed E-state index contributed by atoms with van der Waals surface area (Å²) in [5, 5.41) is -0.867. The van der Waals surface area contributed by atoms with Gasteiger partial charge >= 0.3 is 6.18 Å². The molecule has 0 fully saturated rings. The highest BCUT2D eigenvalue weighted by Crippen LogP contribution is 2.35. The van der Waals surface area contributed by atoms with E-state index in [2.05, 4.69) is 33.0 Å². The van der Waals surface area contributed by atoms with Gasteiger partial charge in [0.2, 0.25) is 0 Å². The standard InChI is InChI=1S/C11H9F3IN3S/c12-11(13,14)10-17-5-8(19-10)9(18-16)6-1-3-7(15)4-2-6/h1-5,9,18H,16H2. The number of nitrogens with one attached hydrogen (secondary N) is 1. The molecule has 0 spiro atoms. The van der Waals surface area contributed by atoms with E-state index in [9.17, 15) is 13.2 Å². The van der Waals surface area contributed by atoms with Crippen molar-refractivity contribution in [1.29, 1.82) is 0 Å². The Bertz CT molecular complexity index is 553. The summed E-state index contributed by atoms with van der Waals surface area (Å²) in [4.78, 5) is 3.82. The summed E-state index contributed by atoms with van der Waals surface area (Å²) < 4.78 is 38.6. The molecule has 2 rings (SSSR count). The van der Waals surface area contributed by atoms with Gasteiger partial charge in [0.25, 0.3) is 0 Å². The molecule has 0 aliphatic rings. The third kappa shape index (κ3) is 3.44.